The predicted octanol–water partition coefficient (Wildman–Crippen LogP) is 3.61. The van der Waals surface area contributed by atoms with Gasteiger partial charge in [-0.2, -0.15) is 0 Å². The Bertz CT molecular complexity index is 404. The first kappa shape index (κ1) is 16.3. The Morgan fingerprint density at radius 1 is 1.24 bits per heavy atom. The van der Waals surface area contributed by atoms with E-state index in [1.807, 2.05) is 0 Å². The highest BCUT2D eigenvalue weighted by Gasteiger charge is 2.19. The van der Waals surface area contributed by atoms with E-state index in [-0.39, 0.29) is 0 Å². The number of hydrogen-bond donors (Lipinski definition) is 1. The summed E-state index contributed by atoms with van der Waals surface area (Å²) in [6.07, 6.45) is 5.02. The van der Waals surface area contributed by atoms with E-state index in [0.29, 0.717) is 12.1 Å². The van der Waals surface area contributed by atoms with Crippen LogP contribution in [0.3, 0.4) is 0 Å². The predicted molar refractivity (Wildman–Crippen MR) is 88.9 cm³/mol. The molecule has 1 aliphatic heterocycles. The summed E-state index contributed by atoms with van der Waals surface area (Å²) in [6, 6.07) is 9.63. The molecule has 1 saturated heterocycles. The summed E-state index contributed by atoms with van der Waals surface area (Å²) in [5.41, 5.74) is 1.35. The van der Waals surface area contributed by atoms with Crippen molar-refractivity contribution in [1.82, 2.24) is 10.2 Å². The Balaban J connectivity index is 1.87. The third-order valence-corrected chi connectivity index (χ3v) is 4.51. The van der Waals surface area contributed by atoms with Crippen LogP contribution in [0.25, 0.3) is 0 Å². The van der Waals surface area contributed by atoms with Crippen molar-refractivity contribution in [3.05, 3.63) is 29.8 Å². The van der Waals surface area contributed by atoms with Crippen LogP contribution in [0.5, 0.6) is 5.75 Å². The van der Waals surface area contributed by atoms with Crippen LogP contribution < -0.4 is 10.1 Å². The molecule has 0 spiro atoms. The van der Waals surface area contributed by atoms with Gasteiger partial charge in [-0.3, -0.25) is 0 Å². The minimum Gasteiger partial charge on any atom is -0.492 e. The number of nitrogens with zero attached hydrogens (tertiary/aromatic N) is 1. The molecule has 0 aliphatic carbocycles. The highest BCUT2D eigenvalue weighted by atomic mass is 16.5. The molecule has 2 atom stereocenters. The van der Waals surface area contributed by atoms with Crippen molar-refractivity contribution >= 4 is 0 Å². The van der Waals surface area contributed by atoms with Gasteiger partial charge in [0, 0.05) is 12.1 Å². The van der Waals surface area contributed by atoms with Gasteiger partial charge in [0.1, 0.15) is 12.4 Å². The van der Waals surface area contributed by atoms with Crippen molar-refractivity contribution in [3.8, 4) is 5.75 Å². The minimum absolute atomic E-state index is 0.452. The molecule has 1 fully saturated rings. The molecule has 3 nitrogen and oxygen atoms in total. The van der Waals surface area contributed by atoms with Crippen molar-refractivity contribution in [2.45, 2.75) is 51.6 Å². The Kier molecular flexibility index (Phi) is 6.52. The lowest BCUT2D eigenvalue weighted by Crippen LogP contribution is -2.40. The molecule has 0 saturated carbocycles. The van der Waals surface area contributed by atoms with Crippen LogP contribution >= 0.6 is 0 Å². The number of nitrogens with one attached hydrogen (secondary N) is 1. The van der Waals surface area contributed by atoms with E-state index >= 15 is 0 Å². The average Bonchev–Trinajstić information content (AvgIpc) is 2.52. The van der Waals surface area contributed by atoms with E-state index < -0.39 is 0 Å². The maximum absolute atomic E-state index is 5.98. The van der Waals surface area contributed by atoms with Crippen LogP contribution in [0.15, 0.2) is 24.3 Å². The maximum atomic E-state index is 5.98. The first-order valence-corrected chi connectivity index (χ1v) is 8.41. The van der Waals surface area contributed by atoms with Crippen molar-refractivity contribution < 1.29 is 4.74 Å². The molecule has 1 aromatic carbocycles. The standard InChI is InChI=1S/C18H30N2O/c1-4-18(19-5-2)15-9-11-17(12-10-15)21-14-16-8-6-7-13-20(16)3/h9-12,16,18-19H,4-8,13-14H2,1-3H3. The first-order chi connectivity index (χ1) is 10.2. The van der Waals surface area contributed by atoms with E-state index in [1.54, 1.807) is 0 Å². The number of rotatable bonds is 7. The molecular weight excluding hydrogens is 260 g/mol. The normalized spacial score (nSPS) is 21.2. The zero-order valence-electron chi connectivity index (χ0n) is 13.8. The zero-order chi connectivity index (χ0) is 15.1. The number of ether oxygens (including phenoxy) is 1. The fraction of sp³-hybridized carbons (Fsp3) is 0.667. The summed E-state index contributed by atoms with van der Waals surface area (Å²) in [5.74, 6) is 0.990. The summed E-state index contributed by atoms with van der Waals surface area (Å²) >= 11 is 0. The number of likely N-dealkylation sites (N-methyl/N-ethyl adjacent to an activating group) is 1. The third-order valence-electron chi connectivity index (χ3n) is 4.51. The SMILES string of the molecule is CCNC(CC)c1ccc(OCC2CCCCN2C)cc1. The van der Waals surface area contributed by atoms with Crippen molar-refractivity contribution in [1.29, 1.82) is 0 Å². The Morgan fingerprint density at radius 2 is 2.00 bits per heavy atom. The quantitative estimate of drug-likeness (QED) is 0.830. The number of piperidine rings is 1. The topological polar surface area (TPSA) is 24.5 Å². The average molecular weight is 290 g/mol. The van der Waals surface area contributed by atoms with E-state index in [2.05, 4.69) is 55.4 Å². The molecule has 2 unspecified atom stereocenters. The lowest BCUT2D eigenvalue weighted by Gasteiger charge is -2.32. The van der Waals surface area contributed by atoms with Gasteiger partial charge >= 0.3 is 0 Å². The lowest BCUT2D eigenvalue weighted by atomic mass is 10.0. The van der Waals surface area contributed by atoms with Crippen LogP contribution in [-0.2, 0) is 0 Å². The molecule has 0 amide bonds. The lowest BCUT2D eigenvalue weighted by molar-refractivity contribution is 0.125. The van der Waals surface area contributed by atoms with Crippen molar-refractivity contribution in [2.24, 2.45) is 0 Å². The van der Waals surface area contributed by atoms with Gasteiger partial charge < -0.3 is 15.0 Å². The minimum atomic E-state index is 0.452. The molecule has 1 heterocycles. The molecule has 1 aliphatic rings. The van der Waals surface area contributed by atoms with Crippen LogP contribution in [-0.4, -0.2) is 37.7 Å². The summed E-state index contributed by atoms with van der Waals surface area (Å²) in [6.45, 7) is 7.39. The number of likely N-dealkylation sites (tertiary alicyclic amines) is 1. The molecule has 2 rings (SSSR count). The molecule has 0 bridgehead atoms. The molecular formula is C18H30N2O. The van der Waals surface area contributed by atoms with Crippen LogP contribution in [0.4, 0.5) is 0 Å². The van der Waals surface area contributed by atoms with E-state index in [1.165, 1.54) is 31.4 Å². The molecule has 21 heavy (non-hydrogen) atoms. The fourth-order valence-electron chi connectivity index (χ4n) is 3.09. The Labute approximate surface area is 129 Å². The third kappa shape index (κ3) is 4.72. The highest BCUT2D eigenvalue weighted by Crippen LogP contribution is 2.21. The Morgan fingerprint density at radius 3 is 2.62 bits per heavy atom. The zero-order valence-corrected chi connectivity index (χ0v) is 13.8. The molecule has 1 aromatic rings. The summed E-state index contributed by atoms with van der Waals surface area (Å²) in [5, 5.41) is 3.51. The van der Waals surface area contributed by atoms with E-state index in [4.69, 9.17) is 4.74 Å². The molecule has 0 radical (unpaired) electrons. The van der Waals surface area contributed by atoms with Gasteiger partial charge in [-0.25, -0.2) is 0 Å². The molecule has 118 valence electrons. The van der Waals surface area contributed by atoms with Crippen molar-refractivity contribution in [2.75, 3.05) is 26.7 Å². The highest BCUT2D eigenvalue weighted by molar-refractivity contribution is 5.29. The fourth-order valence-corrected chi connectivity index (χ4v) is 3.09. The van der Waals surface area contributed by atoms with Crippen LogP contribution in [0.1, 0.15) is 51.1 Å². The Hall–Kier alpha value is -1.06. The summed E-state index contributed by atoms with van der Waals surface area (Å²) < 4.78 is 5.98. The molecule has 0 aromatic heterocycles. The van der Waals surface area contributed by atoms with Crippen molar-refractivity contribution in [3.63, 3.8) is 0 Å². The molecule has 1 N–H and O–H groups in total. The van der Waals surface area contributed by atoms with Gasteiger partial charge in [-0.1, -0.05) is 32.4 Å². The molecule has 3 heteroatoms. The first-order valence-electron chi connectivity index (χ1n) is 8.41. The summed E-state index contributed by atoms with van der Waals surface area (Å²) in [4.78, 5) is 2.43. The monoisotopic (exact) mass is 290 g/mol. The number of hydrogen-bond acceptors (Lipinski definition) is 3. The number of benzene rings is 1. The van der Waals surface area contributed by atoms with Gasteiger partial charge in [0.15, 0.2) is 0 Å². The van der Waals surface area contributed by atoms with Gasteiger partial charge in [-0.05, 0) is 57.1 Å². The largest absolute Gasteiger partial charge is 0.492 e. The second-order valence-electron chi connectivity index (χ2n) is 6.03. The van der Waals surface area contributed by atoms with Gasteiger partial charge in [-0.15, -0.1) is 0 Å². The van der Waals surface area contributed by atoms with E-state index in [0.717, 1.165) is 25.3 Å². The van der Waals surface area contributed by atoms with E-state index in [9.17, 15) is 0 Å². The second kappa shape index (κ2) is 8.40. The van der Waals surface area contributed by atoms with Gasteiger partial charge in [0.2, 0.25) is 0 Å². The van der Waals surface area contributed by atoms with Crippen LogP contribution in [0, 0.1) is 0 Å². The van der Waals surface area contributed by atoms with Crippen LogP contribution in [0.2, 0.25) is 0 Å². The maximum Gasteiger partial charge on any atom is 0.119 e. The van der Waals surface area contributed by atoms with Gasteiger partial charge in [0.25, 0.3) is 0 Å². The smallest absolute Gasteiger partial charge is 0.119 e. The van der Waals surface area contributed by atoms with Gasteiger partial charge in [0.05, 0.1) is 0 Å². The second-order valence-corrected chi connectivity index (χ2v) is 6.03. The summed E-state index contributed by atoms with van der Waals surface area (Å²) in [7, 11) is 2.21.